The number of rotatable bonds is 3. The normalized spacial score (nSPS) is 27.7. The van der Waals surface area contributed by atoms with Crippen molar-refractivity contribution in [2.45, 2.75) is 46.0 Å². The molecule has 0 bridgehead atoms. The molecule has 1 aliphatic heterocycles. The van der Waals surface area contributed by atoms with Gasteiger partial charge < -0.3 is 19.7 Å². The van der Waals surface area contributed by atoms with E-state index in [-0.39, 0.29) is 23.4 Å². The smallest absolute Gasteiger partial charge is 0.333 e. The predicted molar refractivity (Wildman–Crippen MR) is 79.5 cm³/mol. The molecule has 21 heavy (non-hydrogen) atoms. The quantitative estimate of drug-likeness (QED) is 0.351. The molecular formula is C15H21BO5. The van der Waals surface area contributed by atoms with Crippen LogP contribution in [0.15, 0.2) is 34.5 Å². The van der Waals surface area contributed by atoms with Gasteiger partial charge in [-0.25, -0.2) is 4.79 Å². The number of hydrogen-bond acceptors (Lipinski definition) is 5. The highest BCUT2D eigenvalue weighted by Gasteiger charge is 2.39. The van der Waals surface area contributed by atoms with Crippen molar-refractivity contribution in [3.05, 3.63) is 34.5 Å². The lowest BCUT2D eigenvalue weighted by atomic mass is 9.86. The summed E-state index contributed by atoms with van der Waals surface area (Å²) in [4.78, 5) is 11.5. The summed E-state index contributed by atoms with van der Waals surface area (Å²) in [5.74, 6) is -0.439. The third-order valence-electron chi connectivity index (χ3n) is 3.18. The van der Waals surface area contributed by atoms with Crippen LogP contribution in [-0.4, -0.2) is 48.9 Å². The van der Waals surface area contributed by atoms with Crippen molar-refractivity contribution < 1.29 is 24.5 Å². The van der Waals surface area contributed by atoms with Crippen LogP contribution in [0.3, 0.4) is 0 Å². The lowest BCUT2D eigenvalue weighted by Crippen LogP contribution is -2.45. The molecule has 6 heteroatoms. The van der Waals surface area contributed by atoms with E-state index in [0.29, 0.717) is 5.57 Å². The third kappa shape index (κ3) is 3.98. The predicted octanol–water partition coefficient (Wildman–Crippen LogP) is 0.963. The average Bonchev–Trinajstić information content (AvgIpc) is 2.38. The van der Waals surface area contributed by atoms with Crippen molar-refractivity contribution in [2.75, 3.05) is 6.61 Å². The zero-order valence-electron chi connectivity index (χ0n) is 12.8. The highest BCUT2D eigenvalue weighted by molar-refractivity contribution is 6.21. The van der Waals surface area contributed by atoms with Crippen LogP contribution in [-0.2, 0) is 14.3 Å². The summed E-state index contributed by atoms with van der Waals surface area (Å²) in [5, 5.41) is 20.3. The van der Waals surface area contributed by atoms with Gasteiger partial charge in [0.2, 0.25) is 0 Å². The van der Waals surface area contributed by atoms with E-state index in [0.717, 1.165) is 5.57 Å². The average molecular weight is 292 g/mol. The number of carbonyl (C=O) groups is 1. The summed E-state index contributed by atoms with van der Waals surface area (Å²) in [5.41, 5.74) is 1.81. The van der Waals surface area contributed by atoms with Gasteiger partial charge in [-0.15, -0.1) is 0 Å². The summed E-state index contributed by atoms with van der Waals surface area (Å²) < 4.78 is 10.7. The van der Waals surface area contributed by atoms with Crippen molar-refractivity contribution in [1.29, 1.82) is 0 Å². The van der Waals surface area contributed by atoms with E-state index < -0.39 is 24.3 Å². The molecule has 2 N–H and O–H groups in total. The van der Waals surface area contributed by atoms with Crippen LogP contribution in [0.1, 0.15) is 27.7 Å². The van der Waals surface area contributed by atoms with Gasteiger partial charge in [-0.05, 0) is 27.7 Å². The van der Waals surface area contributed by atoms with Crippen LogP contribution in [0.25, 0.3) is 0 Å². The van der Waals surface area contributed by atoms with Crippen molar-refractivity contribution in [3.63, 3.8) is 0 Å². The minimum absolute atomic E-state index is 0.0905. The molecule has 1 fully saturated rings. The Hall–Kier alpha value is -1.53. The topological polar surface area (TPSA) is 76.0 Å². The standard InChI is InChI=1S/C15H21BO5/c1-7(2)11-10(6-20-15(19)8(3)4)21-14(9(5)16)13(18)12(11)17/h10,12-13,17-18H,3,6H2,1-2,4-5H3/b14-9+. The van der Waals surface area contributed by atoms with E-state index in [1.807, 2.05) is 0 Å². The minimum Gasteiger partial charge on any atom is -0.485 e. The van der Waals surface area contributed by atoms with E-state index in [9.17, 15) is 15.0 Å². The van der Waals surface area contributed by atoms with Gasteiger partial charge in [0.15, 0.2) is 6.10 Å². The molecule has 1 heterocycles. The number of aliphatic hydroxyl groups is 2. The number of carbonyl (C=O) groups excluding carboxylic acids is 1. The molecular weight excluding hydrogens is 271 g/mol. The molecule has 0 aliphatic carbocycles. The summed E-state index contributed by atoms with van der Waals surface area (Å²) >= 11 is 0. The monoisotopic (exact) mass is 292 g/mol. The van der Waals surface area contributed by atoms with Crippen LogP contribution in [0, 0.1) is 0 Å². The van der Waals surface area contributed by atoms with Gasteiger partial charge in [0.05, 0.1) is 0 Å². The second-order valence-electron chi connectivity index (χ2n) is 5.38. The Morgan fingerprint density at radius 1 is 1.29 bits per heavy atom. The zero-order chi connectivity index (χ0) is 16.3. The molecule has 0 amide bonds. The highest BCUT2D eigenvalue weighted by Crippen LogP contribution is 2.31. The zero-order valence-corrected chi connectivity index (χ0v) is 12.8. The van der Waals surface area contributed by atoms with Crippen LogP contribution in [0.5, 0.6) is 0 Å². The molecule has 2 radical (unpaired) electrons. The number of esters is 1. The van der Waals surface area contributed by atoms with E-state index in [1.165, 1.54) is 0 Å². The summed E-state index contributed by atoms with van der Waals surface area (Å²) in [6.45, 7) is 10.1. The Morgan fingerprint density at radius 3 is 2.29 bits per heavy atom. The van der Waals surface area contributed by atoms with Crippen molar-refractivity contribution in [2.24, 2.45) is 0 Å². The Morgan fingerprint density at radius 2 is 1.86 bits per heavy atom. The van der Waals surface area contributed by atoms with Crippen molar-refractivity contribution >= 4 is 13.8 Å². The Labute approximate surface area is 126 Å². The van der Waals surface area contributed by atoms with Gasteiger partial charge in [0, 0.05) is 11.1 Å². The van der Waals surface area contributed by atoms with Gasteiger partial charge in [-0.2, -0.15) is 0 Å². The maximum Gasteiger partial charge on any atom is 0.333 e. The summed E-state index contributed by atoms with van der Waals surface area (Å²) in [6.07, 6.45) is -3.07. The van der Waals surface area contributed by atoms with Crippen LogP contribution in [0.2, 0.25) is 0 Å². The summed E-state index contributed by atoms with van der Waals surface area (Å²) in [7, 11) is 5.65. The first-order chi connectivity index (χ1) is 9.66. The Balaban J connectivity index is 3.03. The van der Waals surface area contributed by atoms with Gasteiger partial charge in [0.25, 0.3) is 0 Å². The number of ether oxygens (including phenoxy) is 2. The molecule has 0 aromatic heterocycles. The fraction of sp³-hybridized carbons (Fsp3) is 0.533. The van der Waals surface area contributed by atoms with Crippen LogP contribution < -0.4 is 0 Å². The van der Waals surface area contributed by atoms with E-state index in [4.69, 9.17) is 17.3 Å². The van der Waals surface area contributed by atoms with E-state index >= 15 is 0 Å². The first kappa shape index (κ1) is 17.5. The second-order valence-corrected chi connectivity index (χ2v) is 5.38. The summed E-state index contributed by atoms with van der Waals surface area (Å²) in [6, 6.07) is 0. The van der Waals surface area contributed by atoms with Gasteiger partial charge in [-0.3, -0.25) is 0 Å². The SMILES string of the molecule is [B]/C(C)=C1/OC(COC(=O)C(=C)C)C(=C(C)C)C(O)C1O. The molecule has 3 unspecified atom stereocenters. The van der Waals surface area contributed by atoms with Gasteiger partial charge in [-0.1, -0.05) is 17.6 Å². The van der Waals surface area contributed by atoms with Crippen LogP contribution >= 0.6 is 0 Å². The fourth-order valence-electron chi connectivity index (χ4n) is 2.13. The first-order valence-electron chi connectivity index (χ1n) is 6.65. The Kier molecular flexibility index (Phi) is 5.81. The lowest BCUT2D eigenvalue weighted by molar-refractivity contribution is -0.143. The van der Waals surface area contributed by atoms with Crippen molar-refractivity contribution in [1.82, 2.24) is 0 Å². The number of hydrogen-bond donors (Lipinski definition) is 2. The van der Waals surface area contributed by atoms with Gasteiger partial charge >= 0.3 is 5.97 Å². The highest BCUT2D eigenvalue weighted by atomic mass is 16.6. The third-order valence-corrected chi connectivity index (χ3v) is 3.18. The van der Waals surface area contributed by atoms with E-state index in [2.05, 4.69) is 6.58 Å². The Bertz CT molecular complexity index is 498. The molecule has 0 aromatic rings. The molecule has 1 rings (SSSR count). The fourth-order valence-corrected chi connectivity index (χ4v) is 2.13. The minimum atomic E-state index is -1.23. The second kappa shape index (κ2) is 6.96. The number of allylic oxidation sites excluding steroid dienone is 2. The largest absolute Gasteiger partial charge is 0.485 e. The van der Waals surface area contributed by atoms with Gasteiger partial charge in [0.1, 0.15) is 32.4 Å². The lowest BCUT2D eigenvalue weighted by Gasteiger charge is -2.37. The van der Waals surface area contributed by atoms with Crippen LogP contribution in [0.4, 0.5) is 0 Å². The molecule has 0 saturated carbocycles. The molecule has 3 atom stereocenters. The van der Waals surface area contributed by atoms with E-state index in [1.54, 1.807) is 27.7 Å². The molecule has 0 spiro atoms. The number of aliphatic hydroxyl groups excluding tert-OH is 2. The van der Waals surface area contributed by atoms with Crippen molar-refractivity contribution in [3.8, 4) is 0 Å². The molecule has 0 aromatic carbocycles. The molecule has 114 valence electrons. The molecule has 1 saturated heterocycles. The first-order valence-corrected chi connectivity index (χ1v) is 6.65. The maximum atomic E-state index is 11.5. The molecule has 1 aliphatic rings. The maximum absolute atomic E-state index is 11.5. The molecule has 5 nitrogen and oxygen atoms in total.